The molecule has 1 aromatic rings. The van der Waals surface area contributed by atoms with Crippen molar-refractivity contribution in [3.8, 4) is 0 Å². The van der Waals surface area contributed by atoms with Crippen LogP contribution in [0.2, 0.25) is 0 Å². The van der Waals surface area contributed by atoms with Gasteiger partial charge >= 0.3 is 0 Å². The Bertz CT molecular complexity index is 468. The molecule has 2 bridgehead atoms. The average Bonchev–Trinajstić information content (AvgIpc) is 2.87. The first-order chi connectivity index (χ1) is 9.22. The SMILES string of the molecule is CCc1c(C(=O)N2[C@@H]3CCNC[C@H]2CC3)csc1C. The van der Waals surface area contributed by atoms with Gasteiger partial charge in [0.2, 0.25) is 0 Å². The molecule has 1 aromatic heterocycles. The molecule has 2 fully saturated rings. The van der Waals surface area contributed by atoms with Crippen LogP contribution in [0.5, 0.6) is 0 Å². The van der Waals surface area contributed by atoms with Gasteiger partial charge in [-0.05, 0) is 44.7 Å². The lowest BCUT2D eigenvalue weighted by Crippen LogP contribution is -2.42. The zero-order chi connectivity index (χ0) is 13.4. The summed E-state index contributed by atoms with van der Waals surface area (Å²) in [4.78, 5) is 16.4. The number of aryl methyl sites for hydroxylation is 1. The van der Waals surface area contributed by atoms with E-state index in [2.05, 4.69) is 29.4 Å². The number of carbonyl (C=O) groups is 1. The number of carbonyl (C=O) groups excluding carboxylic acids is 1. The highest BCUT2D eigenvalue weighted by Gasteiger charge is 2.39. The zero-order valence-corrected chi connectivity index (χ0v) is 12.6. The molecule has 0 aromatic carbocycles. The van der Waals surface area contributed by atoms with E-state index >= 15 is 0 Å². The smallest absolute Gasteiger partial charge is 0.255 e. The van der Waals surface area contributed by atoms with Crippen LogP contribution in [0, 0.1) is 6.92 Å². The molecule has 0 spiro atoms. The van der Waals surface area contributed by atoms with E-state index in [9.17, 15) is 4.79 Å². The average molecular weight is 278 g/mol. The fourth-order valence-electron chi connectivity index (χ4n) is 3.55. The van der Waals surface area contributed by atoms with Gasteiger partial charge < -0.3 is 10.2 Å². The molecule has 3 nitrogen and oxygen atoms in total. The van der Waals surface area contributed by atoms with Crippen molar-refractivity contribution in [2.24, 2.45) is 0 Å². The normalized spacial score (nSPS) is 26.5. The van der Waals surface area contributed by atoms with Crippen molar-refractivity contribution in [1.29, 1.82) is 0 Å². The summed E-state index contributed by atoms with van der Waals surface area (Å²) in [5, 5.41) is 5.52. The van der Waals surface area contributed by atoms with Crippen LogP contribution in [-0.2, 0) is 6.42 Å². The lowest BCUT2D eigenvalue weighted by Gasteiger charge is -2.28. The number of nitrogens with one attached hydrogen (secondary N) is 1. The second kappa shape index (κ2) is 5.25. The highest BCUT2D eigenvalue weighted by molar-refractivity contribution is 7.10. The van der Waals surface area contributed by atoms with Crippen LogP contribution in [-0.4, -0.2) is 36.0 Å². The van der Waals surface area contributed by atoms with Gasteiger partial charge in [0.05, 0.1) is 5.56 Å². The largest absolute Gasteiger partial charge is 0.331 e. The molecule has 3 rings (SSSR count). The fraction of sp³-hybridized carbons (Fsp3) is 0.667. The molecule has 2 aliphatic rings. The van der Waals surface area contributed by atoms with Gasteiger partial charge in [-0.2, -0.15) is 0 Å². The van der Waals surface area contributed by atoms with Crippen LogP contribution in [0.1, 0.15) is 47.0 Å². The summed E-state index contributed by atoms with van der Waals surface area (Å²) in [6, 6.07) is 0.863. The van der Waals surface area contributed by atoms with Gasteiger partial charge in [-0.1, -0.05) is 6.92 Å². The third-order valence-corrected chi connectivity index (χ3v) is 5.53. The Labute approximate surface area is 119 Å². The van der Waals surface area contributed by atoms with Crippen LogP contribution < -0.4 is 5.32 Å². The lowest BCUT2D eigenvalue weighted by atomic mass is 10.1. The van der Waals surface area contributed by atoms with Gasteiger partial charge in [0, 0.05) is 28.9 Å². The van der Waals surface area contributed by atoms with E-state index in [0.717, 1.165) is 37.9 Å². The first kappa shape index (κ1) is 13.1. The van der Waals surface area contributed by atoms with Gasteiger partial charge in [-0.25, -0.2) is 0 Å². The number of rotatable bonds is 2. The van der Waals surface area contributed by atoms with E-state index in [0.29, 0.717) is 12.1 Å². The minimum Gasteiger partial charge on any atom is -0.331 e. The predicted molar refractivity (Wildman–Crippen MR) is 78.9 cm³/mol. The Balaban J connectivity index is 1.90. The first-order valence-corrected chi connectivity index (χ1v) is 8.20. The number of amides is 1. The number of hydrogen-bond acceptors (Lipinski definition) is 3. The number of nitrogens with zero attached hydrogens (tertiary/aromatic N) is 1. The number of hydrogen-bond donors (Lipinski definition) is 1. The van der Waals surface area contributed by atoms with Crippen molar-refractivity contribution in [3.63, 3.8) is 0 Å². The third-order valence-electron chi connectivity index (χ3n) is 4.58. The van der Waals surface area contributed by atoms with E-state index in [1.54, 1.807) is 11.3 Å². The second-order valence-electron chi connectivity index (χ2n) is 5.63. The highest BCUT2D eigenvalue weighted by Crippen LogP contribution is 2.32. The maximum atomic E-state index is 12.9. The quantitative estimate of drug-likeness (QED) is 0.902. The van der Waals surface area contributed by atoms with E-state index in [1.165, 1.54) is 16.9 Å². The summed E-state index contributed by atoms with van der Waals surface area (Å²) in [5.41, 5.74) is 2.22. The van der Waals surface area contributed by atoms with Gasteiger partial charge in [-0.3, -0.25) is 4.79 Å². The Morgan fingerprint density at radius 3 is 3.00 bits per heavy atom. The summed E-state index contributed by atoms with van der Waals surface area (Å²) in [7, 11) is 0. The topological polar surface area (TPSA) is 32.3 Å². The summed E-state index contributed by atoms with van der Waals surface area (Å²) >= 11 is 1.71. The Morgan fingerprint density at radius 2 is 2.21 bits per heavy atom. The van der Waals surface area contributed by atoms with E-state index in [1.807, 2.05) is 0 Å². The molecular formula is C15H22N2OS. The molecule has 2 saturated heterocycles. The molecular weight excluding hydrogens is 256 g/mol. The maximum absolute atomic E-state index is 12.9. The zero-order valence-electron chi connectivity index (χ0n) is 11.7. The predicted octanol–water partition coefficient (Wildman–Crippen LogP) is 2.59. The Hall–Kier alpha value is -0.870. The maximum Gasteiger partial charge on any atom is 0.255 e. The summed E-state index contributed by atoms with van der Waals surface area (Å²) in [6.45, 7) is 6.28. The molecule has 3 heterocycles. The molecule has 19 heavy (non-hydrogen) atoms. The first-order valence-electron chi connectivity index (χ1n) is 7.32. The van der Waals surface area contributed by atoms with Crippen LogP contribution in [0.25, 0.3) is 0 Å². The lowest BCUT2D eigenvalue weighted by molar-refractivity contribution is 0.0679. The summed E-state index contributed by atoms with van der Waals surface area (Å²) < 4.78 is 0. The molecule has 2 aliphatic heterocycles. The van der Waals surface area contributed by atoms with Crippen molar-refractivity contribution < 1.29 is 4.79 Å². The molecule has 4 heteroatoms. The van der Waals surface area contributed by atoms with Gasteiger partial charge in [-0.15, -0.1) is 11.3 Å². The van der Waals surface area contributed by atoms with Crippen molar-refractivity contribution in [2.75, 3.05) is 13.1 Å². The molecule has 1 amide bonds. The highest BCUT2D eigenvalue weighted by atomic mass is 32.1. The molecule has 104 valence electrons. The molecule has 2 atom stereocenters. The second-order valence-corrected chi connectivity index (χ2v) is 6.71. The number of fused-ring (bicyclic) bond motifs is 2. The van der Waals surface area contributed by atoms with E-state index in [-0.39, 0.29) is 5.91 Å². The van der Waals surface area contributed by atoms with Crippen LogP contribution >= 0.6 is 11.3 Å². The summed E-state index contributed by atoms with van der Waals surface area (Å²) in [5.74, 6) is 0.275. The van der Waals surface area contributed by atoms with Crippen molar-refractivity contribution in [2.45, 2.75) is 51.6 Å². The van der Waals surface area contributed by atoms with E-state index < -0.39 is 0 Å². The van der Waals surface area contributed by atoms with Crippen LogP contribution in [0.15, 0.2) is 5.38 Å². The number of thiophene rings is 1. The van der Waals surface area contributed by atoms with Crippen LogP contribution in [0.3, 0.4) is 0 Å². The van der Waals surface area contributed by atoms with Crippen LogP contribution in [0.4, 0.5) is 0 Å². The molecule has 1 N–H and O–H groups in total. The van der Waals surface area contributed by atoms with Crippen molar-refractivity contribution in [1.82, 2.24) is 10.2 Å². The molecule has 0 saturated carbocycles. The third kappa shape index (κ3) is 2.21. The fourth-order valence-corrected chi connectivity index (χ4v) is 4.49. The Kier molecular flexibility index (Phi) is 3.63. The van der Waals surface area contributed by atoms with Gasteiger partial charge in [0.25, 0.3) is 5.91 Å². The molecule has 0 unspecified atom stereocenters. The minimum atomic E-state index is 0.275. The van der Waals surface area contributed by atoms with Crippen molar-refractivity contribution >= 4 is 17.2 Å². The Morgan fingerprint density at radius 1 is 1.42 bits per heavy atom. The monoisotopic (exact) mass is 278 g/mol. The van der Waals surface area contributed by atoms with Gasteiger partial charge in [0.1, 0.15) is 0 Å². The van der Waals surface area contributed by atoms with Gasteiger partial charge in [0.15, 0.2) is 0 Å². The molecule has 0 radical (unpaired) electrons. The van der Waals surface area contributed by atoms with E-state index in [4.69, 9.17) is 0 Å². The molecule has 0 aliphatic carbocycles. The van der Waals surface area contributed by atoms with Crippen molar-refractivity contribution in [3.05, 3.63) is 21.4 Å². The minimum absolute atomic E-state index is 0.275. The summed E-state index contributed by atoms with van der Waals surface area (Å²) in [6.07, 6.45) is 4.40. The standard InChI is InChI=1S/C15H22N2OS/c1-3-13-10(2)19-9-14(13)15(18)17-11-4-5-12(17)8-16-7-6-11/h9,11-12,16H,3-8H2,1-2H3/t11-,12+/m0/s1.